The van der Waals surface area contributed by atoms with Crippen LogP contribution in [-0.2, 0) is 9.59 Å². The number of aromatic nitrogens is 2. The highest BCUT2D eigenvalue weighted by molar-refractivity contribution is 5.93. The van der Waals surface area contributed by atoms with E-state index in [1.807, 2.05) is 25.7 Å². The molecule has 0 aromatic carbocycles. The average Bonchev–Trinajstić information content (AvgIpc) is 3.28. The van der Waals surface area contributed by atoms with Crippen molar-refractivity contribution in [1.82, 2.24) is 19.9 Å². The topological polar surface area (TPSA) is 79.5 Å². The number of likely N-dealkylation sites (tertiary alicyclic amines) is 2. The molecule has 2 fully saturated rings. The van der Waals surface area contributed by atoms with E-state index in [0.717, 1.165) is 31.5 Å². The largest absolute Gasteiger partial charge is 0.341 e. The fraction of sp³-hybridized carbons (Fsp3) is 0.684. The van der Waals surface area contributed by atoms with Crippen molar-refractivity contribution in [2.45, 2.75) is 70.4 Å². The summed E-state index contributed by atoms with van der Waals surface area (Å²) in [7, 11) is 0. The van der Waals surface area contributed by atoms with Gasteiger partial charge in [-0.3, -0.25) is 9.59 Å². The van der Waals surface area contributed by atoms with Crippen molar-refractivity contribution in [1.29, 1.82) is 0 Å². The van der Waals surface area contributed by atoms with Crippen LogP contribution in [-0.4, -0.2) is 56.9 Å². The minimum Gasteiger partial charge on any atom is -0.341 e. The van der Waals surface area contributed by atoms with Gasteiger partial charge in [0, 0.05) is 31.0 Å². The maximum absolute atomic E-state index is 13.0. The molecule has 0 spiro atoms. The van der Waals surface area contributed by atoms with Gasteiger partial charge in [0.05, 0.1) is 0 Å². The van der Waals surface area contributed by atoms with Gasteiger partial charge in [-0.15, -0.1) is 0 Å². The van der Waals surface area contributed by atoms with Crippen molar-refractivity contribution in [2.75, 3.05) is 13.1 Å². The zero-order valence-corrected chi connectivity index (χ0v) is 15.9. The van der Waals surface area contributed by atoms with Crippen LogP contribution in [0.5, 0.6) is 0 Å². The van der Waals surface area contributed by atoms with E-state index >= 15 is 0 Å². The van der Waals surface area contributed by atoms with Crippen molar-refractivity contribution < 1.29 is 14.1 Å². The van der Waals surface area contributed by atoms with E-state index < -0.39 is 0 Å². The van der Waals surface area contributed by atoms with Gasteiger partial charge in [0.2, 0.25) is 17.7 Å². The zero-order chi connectivity index (χ0) is 18.8. The maximum Gasteiger partial charge on any atom is 0.246 e. The van der Waals surface area contributed by atoms with Gasteiger partial charge in [0.25, 0.3) is 0 Å². The molecule has 142 valence electrons. The molecule has 1 aromatic rings. The Morgan fingerprint density at radius 1 is 1.23 bits per heavy atom. The fourth-order valence-electron chi connectivity index (χ4n) is 3.92. The number of amides is 2. The molecular formula is C19H28N4O3. The second kappa shape index (κ2) is 7.60. The second-order valence-electron chi connectivity index (χ2n) is 7.64. The van der Waals surface area contributed by atoms with Crippen molar-refractivity contribution in [3.05, 3.63) is 24.4 Å². The van der Waals surface area contributed by atoms with E-state index in [0.29, 0.717) is 19.0 Å². The van der Waals surface area contributed by atoms with Crippen LogP contribution < -0.4 is 0 Å². The Kier molecular flexibility index (Phi) is 5.44. The SMILES string of the molecule is C=CC(=O)N1[C@@H](C)CC[C@H]1C(=O)N1CCC(c2noc(C(C)C)n2)CC1. The first-order valence-electron chi connectivity index (χ1n) is 9.49. The Morgan fingerprint density at radius 2 is 1.92 bits per heavy atom. The van der Waals surface area contributed by atoms with E-state index in [1.54, 1.807) is 4.90 Å². The molecule has 0 radical (unpaired) electrons. The molecule has 3 heterocycles. The average molecular weight is 360 g/mol. The van der Waals surface area contributed by atoms with Gasteiger partial charge in [-0.25, -0.2) is 0 Å². The lowest BCUT2D eigenvalue weighted by Gasteiger charge is -2.35. The summed E-state index contributed by atoms with van der Waals surface area (Å²) in [5.74, 6) is 1.75. The first-order valence-corrected chi connectivity index (χ1v) is 9.49. The summed E-state index contributed by atoms with van der Waals surface area (Å²) in [6.45, 7) is 10.9. The van der Waals surface area contributed by atoms with Crippen LogP contribution in [0.4, 0.5) is 0 Å². The molecule has 0 aliphatic carbocycles. The lowest BCUT2D eigenvalue weighted by molar-refractivity contribution is -0.143. The molecule has 2 saturated heterocycles. The van der Waals surface area contributed by atoms with Crippen LogP contribution >= 0.6 is 0 Å². The monoisotopic (exact) mass is 360 g/mol. The molecule has 26 heavy (non-hydrogen) atoms. The van der Waals surface area contributed by atoms with Crippen LogP contribution in [0, 0.1) is 0 Å². The van der Waals surface area contributed by atoms with Gasteiger partial charge in [-0.05, 0) is 38.7 Å². The predicted molar refractivity (Wildman–Crippen MR) is 96.5 cm³/mol. The lowest BCUT2D eigenvalue weighted by Crippen LogP contribution is -2.51. The summed E-state index contributed by atoms with van der Waals surface area (Å²) < 4.78 is 5.30. The first-order chi connectivity index (χ1) is 12.4. The molecule has 7 nitrogen and oxygen atoms in total. The van der Waals surface area contributed by atoms with Gasteiger partial charge in [0.1, 0.15) is 6.04 Å². The van der Waals surface area contributed by atoms with E-state index in [9.17, 15) is 9.59 Å². The van der Waals surface area contributed by atoms with Gasteiger partial charge >= 0.3 is 0 Å². The Labute approximate surface area is 154 Å². The normalized spacial score (nSPS) is 24.3. The number of carbonyl (C=O) groups excluding carboxylic acids is 2. The van der Waals surface area contributed by atoms with Crippen LogP contribution in [0.15, 0.2) is 17.2 Å². The second-order valence-corrected chi connectivity index (χ2v) is 7.64. The number of nitrogens with zero attached hydrogens (tertiary/aromatic N) is 4. The molecule has 2 aliphatic heterocycles. The quantitative estimate of drug-likeness (QED) is 0.771. The predicted octanol–water partition coefficient (Wildman–Crippen LogP) is 2.46. The molecule has 2 atom stereocenters. The third-order valence-corrected chi connectivity index (χ3v) is 5.51. The van der Waals surface area contributed by atoms with Crippen molar-refractivity contribution in [3.63, 3.8) is 0 Å². The standard InChI is InChI=1S/C19H28N4O3/c1-5-16(24)23-13(4)6-7-15(23)19(25)22-10-8-14(9-11-22)17-20-18(12(2)3)26-21-17/h5,12-15H,1,6-11H2,2-4H3/t13-,15-/m0/s1. The Hall–Kier alpha value is -2.18. The molecule has 3 rings (SSSR count). The number of hydrogen-bond donors (Lipinski definition) is 0. The van der Waals surface area contributed by atoms with Crippen molar-refractivity contribution >= 4 is 11.8 Å². The molecule has 0 bridgehead atoms. The van der Waals surface area contributed by atoms with Crippen LogP contribution in [0.2, 0.25) is 0 Å². The number of piperidine rings is 1. The summed E-state index contributed by atoms with van der Waals surface area (Å²) in [5.41, 5.74) is 0. The molecule has 0 N–H and O–H groups in total. The first kappa shape index (κ1) is 18.6. The van der Waals surface area contributed by atoms with Gasteiger partial charge in [0.15, 0.2) is 5.82 Å². The number of hydrogen-bond acceptors (Lipinski definition) is 5. The summed E-state index contributed by atoms with van der Waals surface area (Å²) in [6.07, 6.45) is 4.52. The summed E-state index contributed by atoms with van der Waals surface area (Å²) >= 11 is 0. The molecule has 0 saturated carbocycles. The highest BCUT2D eigenvalue weighted by Crippen LogP contribution is 2.30. The highest BCUT2D eigenvalue weighted by atomic mass is 16.5. The molecular weight excluding hydrogens is 332 g/mol. The summed E-state index contributed by atoms with van der Waals surface area (Å²) in [6, 6.07) is -0.273. The highest BCUT2D eigenvalue weighted by Gasteiger charge is 2.40. The van der Waals surface area contributed by atoms with E-state index in [2.05, 4.69) is 16.7 Å². The Bertz CT molecular complexity index is 676. The summed E-state index contributed by atoms with van der Waals surface area (Å²) in [5, 5.41) is 4.11. The fourth-order valence-corrected chi connectivity index (χ4v) is 3.92. The van der Waals surface area contributed by atoms with E-state index in [4.69, 9.17) is 4.52 Å². The minimum atomic E-state index is -0.357. The smallest absolute Gasteiger partial charge is 0.246 e. The van der Waals surface area contributed by atoms with E-state index in [-0.39, 0.29) is 35.7 Å². The lowest BCUT2D eigenvalue weighted by atomic mass is 9.95. The molecule has 0 unspecified atom stereocenters. The van der Waals surface area contributed by atoms with Crippen LogP contribution in [0.3, 0.4) is 0 Å². The van der Waals surface area contributed by atoms with Gasteiger partial charge < -0.3 is 14.3 Å². The Morgan fingerprint density at radius 3 is 2.50 bits per heavy atom. The van der Waals surface area contributed by atoms with Crippen molar-refractivity contribution in [2.24, 2.45) is 0 Å². The third kappa shape index (κ3) is 3.52. The zero-order valence-electron chi connectivity index (χ0n) is 15.9. The molecule has 1 aromatic heterocycles. The van der Waals surface area contributed by atoms with Gasteiger partial charge in [-0.1, -0.05) is 25.6 Å². The van der Waals surface area contributed by atoms with Crippen LogP contribution in [0.25, 0.3) is 0 Å². The minimum absolute atomic E-state index is 0.0546. The van der Waals surface area contributed by atoms with Crippen LogP contribution in [0.1, 0.15) is 70.0 Å². The molecule has 2 aliphatic rings. The third-order valence-electron chi connectivity index (χ3n) is 5.51. The maximum atomic E-state index is 13.0. The summed E-state index contributed by atoms with van der Waals surface area (Å²) in [4.78, 5) is 33.2. The van der Waals surface area contributed by atoms with Crippen molar-refractivity contribution in [3.8, 4) is 0 Å². The Balaban J connectivity index is 1.61. The molecule has 2 amide bonds. The van der Waals surface area contributed by atoms with E-state index in [1.165, 1.54) is 6.08 Å². The number of rotatable bonds is 4. The molecule has 7 heteroatoms. The van der Waals surface area contributed by atoms with Gasteiger partial charge in [-0.2, -0.15) is 4.98 Å². The number of carbonyl (C=O) groups is 2.